The van der Waals surface area contributed by atoms with Crippen LogP contribution in [0.2, 0.25) is 0 Å². The third-order valence-corrected chi connectivity index (χ3v) is 3.67. The van der Waals surface area contributed by atoms with Gasteiger partial charge in [-0.3, -0.25) is 0 Å². The number of nitrogens with zero attached hydrogens (tertiary/aromatic N) is 3. The topological polar surface area (TPSA) is 42.7 Å². The van der Waals surface area contributed by atoms with Gasteiger partial charge in [-0.25, -0.2) is 0 Å². The molecule has 0 radical (unpaired) electrons. The Hall–Kier alpha value is -1.84. The van der Waals surface area contributed by atoms with Crippen molar-refractivity contribution >= 4 is 5.69 Å². The third-order valence-electron chi connectivity index (χ3n) is 3.67. The number of aryl methyl sites for hydroxylation is 1. The van der Waals surface area contributed by atoms with E-state index in [2.05, 4.69) is 39.8 Å². The number of anilines is 1. The molecule has 0 aliphatic heterocycles. The van der Waals surface area contributed by atoms with E-state index in [1.165, 1.54) is 24.9 Å². The lowest BCUT2D eigenvalue weighted by molar-refractivity contribution is 0.333. The second-order valence-electron chi connectivity index (χ2n) is 5.02. The van der Waals surface area contributed by atoms with E-state index in [1.54, 1.807) is 6.33 Å². The largest absolute Gasteiger partial charge is 0.385 e. The number of aromatic nitrogens is 3. The van der Waals surface area contributed by atoms with Crippen molar-refractivity contribution in [2.75, 3.05) is 11.9 Å². The van der Waals surface area contributed by atoms with Gasteiger partial charge in [-0.05, 0) is 43.0 Å². The second-order valence-corrected chi connectivity index (χ2v) is 5.02. The van der Waals surface area contributed by atoms with Crippen molar-refractivity contribution in [3.63, 3.8) is 0 Å². The molecule has 1 heterocycles. The number of nitrogens with one attached hydrogen (secondary N) is 1. The van der Waals surface area contributed by atoms with Crippen LogP contribution in [-0.4, -0.2) is 21.3 Å². The van der Waals surface area contributed by atoms with Gasteiger partial charge in [0.05, 0.1) is 0 Å². The molecule has 1 aromatic carbocycles. The first-order valence-corrected chi connectivity index (χ1v) is 6.51. The van der Waals surface area contributed by atoms with Gasteiger partial charge in [0.15, 0.2) is 5.82 Å². The van der Waals surface area contributed by atoms with Gasteiger partial charge in [0.1, 0.15) is 6.33 Å². The zero-order chi connectivity index (χ0) is 12.4. The van der Waals surface area contributed by atoms with Gasteiger partial charge >= 0.3 is 0 Å². The Morgan fingerprint density at radius 3 is 2.61 bits per heavy atom. The maximum absolute atomic E-state index is 4.10. The molecule has 0 atom stereocenters. The van der Waals surface area contributed by atoms with Gasteiger partial charge in [0, 0.05) is 24.8 Å². The quantitative estimate of drug-likeness (QED) is 0.896. The molecule has 1 saturated carbocycles. The Morgan fingerprint density at radius 1 is 1.28 bits per heavy atom. The van der Waals surface area contributed by atoms with E-state index in [-0.39, 0.29) is 0 Å². The van der Waals surface area contributed by atoms with E-state index in [0.717, 1.165) is 23.9 Å². The molecule has 1 N–H and O–H groups in total. The smallest absolute Gasteiger partial charge is 0.163 e. The highest BCUT2D eigenvalue weighted by Gasteiger charge is 2.16. The molecule has 1 fully saturated rings. The monoisotopic (exact) mass is 242 g/mol. The van der Waals surface area contributed by atoms with Gasteiger partial charge in [-0.1, -0.05) is 6.42 Å². The molecule has 0 unspecified atom stereocenters. The molecule has 1 aliphatic carbocycles. The van der Waals surface area contributed by atoms with Gasteiger partial charge in [0.25, 0.3) is 0 Å². The summed E-state index contributed by atoms with van der Waals surface area (Å²) < 4.78 is 1.93. The predicted octanol–water partition coefficient (Wildman–Crippen LogP) is 2.69. The van der Waals surface area contributed by atoms with Crippen molar-refractivity contribution in [1.82, 2.24) is 14.8 Å². The fourth-order valence-electron chi connectivity index (χ4n) is 2.24. The van der Waals surface area contributed by atoms with Gasteiger partial charge in [-0.15, -0.1) is 10.2 Å². The molecule has 3 rings (SSSR count). The van der Waals surface area contributed by atoms with Crippen LogP contribution in [0, 0.1) is 5.92 Å². The lowest BCUT2D eigenvalue weighted by Crippen LogP contribution is -2.20. The Labute approximate surface area is 107 Å². The highest BCUT2D eigenvalue weighted by Crippen LogP contribution is 2.26. The average Bonchev–Trinajstić information content (AvgIpc) is 2.74. The van der Waals surface area contributed by atoms with Crippen LogP contribution in [0.4, 0.5) is 5.69 Å². The third kappa shape index (κ3) is 2.23. The molecule has 1 aliphatic rings. The second kappa shape index (κ2) is 4.80. The fourth-order valence-corrected chi connectivity index (χ4v) is 2.24. The maximum Gasteiger partial charge on any atom is 0.163 e. The van der Waals surface area contributed by atoms with Crippen LogP contribution in [0.5, 0.6) is 0 Å². The van der Waals surface area contributed by atoms with E-state index in [1.807, 2.05) is 11.6 Å². The van der Waals surface area contributed by atoms with Gasteiger partial charge < -0.3 is 9.88 Å². The standard InChI is InChI=1S/C14H18N4/c1-18-10-16-17-14(18)12-5-7-13(8-6-12)15-9-11-3-2-4-11/h5-8,10-11,15H,2-4,9H2,1H3. The number of rotatable bonds is 4. The van der Waals surface area contributed by atoms with E-state index in [0.29, 0.717) is 0 Å². The number of benzene rings is 1. The Morgan fingerprint density at radius 2 is 2.06 bits per heavy atom. The van der Waals surface area contributed by atoms with E-state index >= 15 is 0 Å². The van der Waals surface area contributed by atoms with Crippen LogP contribution in [-0.2, 0) is 7.05 Å². The zero-order valence-corrected chi connectivity index (χ0v) is 10.6. The Bertz CT molecular complexity index is 511. The van der Waals surface area contributed by atoms with Crippen molar-refractivity contribution in [3.8, 4) is 11.4 Å². The first kappa shape index (κ1) is 11.3. The van der Waals surface area contributed by atoms with Crippen LogP contribution >= 0.6 is 0 Å². The summed E-state index contributed by atoms with van der Waals surface area (Å²) in [5.41, 5.74) is 2.29. The van der Waals surface area contributed by atoms with Crippen LogP contribution in [0.1, 0.15) is 19.3 Å². The van der Waals surface area contributed by atoms with Gasteiger partial charge in [-0.2, -0.15) is 0 Å². The summed E-state index contributed by atoms with van der Waals surface area (Å²) in [6.45, 7) is 1.10. The maximum atomic E-state index is 4.10. The summed E-state index contributed by atoms with van der Waals surface area (Å²) in [5, 5.41) is 11.5. The van der Waals surface area contributed by atoms with Crippen molar-refractivity contribution in [1.29, 1.82) is 0 Å². The SMILES string of the molecule is Cn1cnnc1-c1ccc(NCC2CCC2)cc1. The van der Waals surface area contributed by atoms with Crippen molar-refractivity contribution in [2.45, 2.75) is 19.3 Å². The van der Waals surface area contributed by atoms with E-state index in [9.17, 15) is 0 Å². The van der Waals surface area contributed by atoms with E-state index in [4.69, 9.17) is 0 Å². The molecule has 4 nitrogen and oxygen atoms in total. The summed E-state index contributed by atoms with van der Waals surface area (Å²) in [6, 6.07) is 8.41. The minimum atomic E-state index is 0.878. The summed E-state index contributed by atoms with van der Waals surface area (Å²) in [4.78, 5) is 0. The molecule has 18 heavy (non-hydrogen) atoms. The molecule has 2 aromatic rings. The number of hydrogen-bond donors (Lipinski definition) is 1. The first-order valence-electron chi connectivity index (χ1n) is 6.51. The van der Waals surface area contributed by atoms with Crippen LogP contribution in [0.25, 0.3) is 11.4 Å². The molecular formula is C14H18N4. The van der Waals surface area contributed by atoms with Crippen LogP contribution < -0.4 is 5.32 Å². The minimum Gasteiger partial charge on any atom is -0.385 e. The molecule has 0 bridgehead atoms. The molecule has 0 amide bonds. The van der Waals surface area contributed by atoms with Gasteiger partial charge in [0.2, 0.25) is 0 Å². The number of hydrogen-bond acceptors (Lipinski definition) is 3. The van der Waals surface area contributed by atoms with Crippen LogP contribution in [0.15, 0.2) is 30.6 Å². The Balaban J connectivity index is 1.67. The first-order chi connectivity index (χ1) is 8.83. The average molecular weight is 242 g/mol. The lowest BCUT2D eigenvalue weighted by Gasteiger charge is -2.25. The van der Waals surface area contributed by atoms with Crippen molar-refractivity contribution in [2.24, 2.45) is 13.0 Å². The molecule has 0 spiro atoms. The highest BCUT2D eigenvalue weighted by atomic mass is 15.2. The lowest BCUT2D eigenvalue weighted by atomic mass is 9.85. The summed E-state index contributed by atoms with van der Waals surface area (Å²) in [6.07, 6.45) is 5.88. The van der Waals surface area contributed by atoms with E-state index < -0.39 is 0 Å². The fraction of sp³-hybridized carbons (Fsp3) is 0.429. The molecule has 1 aromatic heterocycles. The summed E-state index contributed by atoms with van der Waals surface area (Å²) in [5.74, 6) is 1.78. The Kier molecular flexibility index (Phi) is 3.00. The molecule has 4 heteroatoms. The molecule has 94 valence electrons. The zero-order valence-electron chi connectivity index (χ0n) is 10.6. The van der Waals surface area contributed by atoms with Crippen molar-refractivity contribution in [3.05, 3.63) is 30.6 Å². The van der Waals surface area contributed by atoms with Crippen molar-refractivity contribution < 1.29 is 0 Å². The summed E-state index contributed by atoms with van der Waals surface area (Å²) in [7, 11) is 1.96. The molecular weight excluding hydrogens is 224 g/mol. The van der Waals surface area contributed by atoms with Crippen LogP contribution in [0.3, 0.4) is 0 Å². The predicted molar refractivity (Wildman–Crippen MR) is 72.3 cm³/mol. The normalized spacial score (nSPS) is 15.4. The highest BCUT2D eigenvalue weighted by molar-refractivity contribution is 5.59. The summed E-state index contributed by atoms with van der Waals surface area (Å²) >= 11 is 0. The molecule has 0 saturated heterocycles. The minimum absolute atomic E-state index is 0.878.